The molecular weight excluding hydrogens is 422 g/mol. The number of hydrogen-bond donors (Lipinski definition) is 0. The van der Waals surface area contributed by atoms with E-state index in [9.17, 15) is 0 Å². The van der Waals surface area contributed by atoms with Gasteiger partial charge < -0.3 is 14.2 Å². The van der Waals surface area contributed by atoms with E-state index in [2.05, 4.69) is 57.3 Å². The fourth-order valence-electron chi connectivity index (χ4n) is 4.19. The predicted octanol–water partition coefficient (Wildman–Crippen LogP) is 4.88. The molecule has 0 N–H and O–H groups in total. The monoisotopic (exact) mass is 443 g/mol. The van der Waals surface area contributed by atoms with Crippen molar-refractivity contribution >= 4 is 27.5 Å². The van der Waals surface area contributed by atoms with Gasteiger partial charge in [-0.25, -0.2) is 4.98 Å². The smallest absolute Gasteiger partial charge is 0.287 e. The molecule has 164 valence electrons. The lowest BCUT2D eigenvalue weighted by atomic mass is 10.1. The number of para-hydroxylation sites is 1. The normalized spacial score (nSPS) is 13.6. The van der Waals surface area contributed by atoms with Gasteiger partial charge in [0.1, 0.15) is 17.3 Å². The second kappa shape index (κ2) is 8.33. The van der Waals surface area contributed by atoms with Gasteiger partial charge in [-0.15, -0.1) is 4.98 Å². The number of nitrogens with zero attached hydrogens (tertiary/aromatic N) is 5. The van der Waals surface area contributed by atoms with Crippen LogP contribution in [0.15, 0.2) is 116 Å². The van der Waals surface area contributed by atoms with E-state index in [1.807, 2.05) is 83.8 Å². The summed E-state index contributed by atoms with van der Waals surface area (Å²) in [5.74, 6) is 2.32. The summed E-state index contributed by atoms with van der Waals surface area (Å²) in [7, 11) is 1.97. The fraction of sp³-hybridized carbons (Fsp3) is 0.0357. The molecule has 0 spiro atoms. The average molecular weight is 444 g/mol. The molecule has 1 aliphatic rings. The minimum atomic E-state index is 0.709. The van der Waals surface area contributed by atoms with Gasteiger partial charge in [0.05, 0.1) is 22.9 Å². The zero-order valence-corrected chi connectivity index (χ0v) is 18.5. The molecule has 0 amide bonds. The maximum absolute atomic E-state index is 6.36. The van der Waals surface area contributed by atoms with Crippen LogP contribution in [0.25, 0.3) is 33.3 Å². The Labute approximate surface area is 197 Å². The van der Waals surface area contributed by atoms with Crippen molar-refractivity contribution in [2.24, 2.45) is 0 Å². The molecule has 6 nitrogen and oxygen atoms in total. The predicted molar refractivity (Wildman–Crippen MR) is 132 cm³/mol. The van der Waals surface area contributed by atoms with Crippen LogP contribution in [0.2, 0.25) is 0 Å². The van der Waals surface area contributed by atoms with Crippen molar-refractivity contribution in [2.75, 3.05) is 7.05 Å². The molecule has 5 aromatic rings. The molecule has 0 atom stereocenters. The van der Waals surface area contributed by atoms with Crippen molar-refractivity contribution < 1.29 is 9.30 Å². The molecule has 0 saturated carbocycles. The van der Waals surface area contributed by atoms with Crippen LogP contribution in [-0.4, -0.2) is 26.5 Å². The highest BCUT2D eigenvalue weighted by Crippen LogP contribution is 2.34. The standard InChI is InChI=1S/C28H21N5O/c1-31-16-12-23(17-21(19-31)32-15-6-13-29-20-32)34-22-10-11-25-24-7-2-3-8-26(24)33(27(25)18-22)28-9-4-5-14-30-28/h2-19H,1H3. The lowest BCUT2D eigenvalue weighted by Crippen LogP contribution is -2.32. The number of benzene rings is 2. The molecule has 0 fully saturated rings. The fourth-order valence-corrected chi connectivity index (χ4v) is 4.19. The van der Waals surface area contributed by atoms with Crippen LogP contribution in [0.4, 0.5) is 0 Å². The third-order valence-corrected chi connectivity index (χ3v) is 5.70. The van der Waals surface area contributed by atoms with Crippen LogP contribution in [0, 0.1) is 6.33 Å². The maximum atomic E-state index is 6.36. The number of allylic oxidation sites excluding steroid dienone is 3. The number of aromatic nitrogens is 4. The molecule has 4 heterocycles. The van der Waals surface area contributed by atoms with Crippen LogP contribution in [0.3, 0.4) is 0 Å². The average Bonchev–Trinajstić information content (AvgIpc) is 3.09. The molecule has 0 saturated heterocycles. The Kier molecular flexibility index (Phi) is 4.88. The van der Waals surface area contributed by atoms with Crippen molar-refractivity contribution in [3.63, 3.8) is 0 Å². The molecule has 34 heavy (non-hydrogen) atoms. The minimum Gasteiger partial charge on any atom is -0.458 e. The van der Waals surface area contributed by atoms with Gasteiger partial charge in [0.25, 0.3) is 6.33 Å². The Morgan fingerprint density at radius 1 is 0.912 bits per heavy atom. The van der Waals surface area contributed by atoms with E-state index in [1.54, 1.807) is 6.20 Å². The highest BCUT2D eigenvalue weighted by atomic mass is 16.5. The van der Waals surface area contributed by atoms with E-state index >= 15 is 0 Å². The van der Waals surface area contributed by atoms with E-state index < -0.39 is 0 Å². The largest absolute Gasteiger partial charge is 0.458 e. The van der Waals surface area contributed by atoms with Crippen LogP contribution in [-0.2, 0) is 0 Å². The summed E-state index contributed by atoms with van der Waals surface area (Å²) >= 11 is 0. The summed E-state index contributed by atoms with van der Waals surface area (Å²) in [5.41, 5.74) is 3.04. The summed E-state index contributed by atoms with van der Waals surface area (Å²) < 4.78 is 10.4. The molecule has 2 aromatic carbocycles. The third-order valence-electron chi connectivity index (χ3n) is 5.70. The summed E-state index contributed by atoms with van der Waals surface area (Å²) in [6, 6.07) is 22.4. The lowest BCUT2D eigenvalue weighted by molar-refractivity contribution is -0.587. The quantitative estimate of drug-likeness (QED) is 0.293. The van der Waals surface area contributed by atoms with Gasteiger partial charge in [-0.05, 0) is 42.5 Å². The van der Waals surface area contributed by atoms with Gasteiger partial charge in [-0.3, -0.25) is 4.57 Å². The Hall–Kier alpha value is -4.71. The van der Waals surface area contributed by atoms with Crippen LogP contribution >= 0.6 is 0 Å². The second-order valence-corrected chi connectivity index (χ2v) is 7.99. The number of fused-ring (bicyclic) bond motifs is 3. The first-order valence-electron chi connectivity index (χ1n) is 11.0. The number of pyridine rings is 1. The topological polar surface area (TPSA) is 47.1 Å². The third kappa shape index (κ3) is 3.61. The molecule has 0 unspecified atom stereocenters. The van der Waals surface area contributed by atoms with Crippen molar-refractivity contribution in [1.82, 2.24) is 19.4 Å². The van der Waals surface area contributed by atoms with E-state index in [-0.39, 0.29) is 0 Å². The summed E-state index contributed by atoms with van der Waals surface area (Å²) in [5, 5.41) is 2.33. The van der Waals surface area contributed by atoms with Gasteiger partial charge in [0.2, 0.25) is 0 Å². The first kappa shape index (κ1) is 19.9. The zero-order chi connectivity index (χ0) is 22.9. The van der Waals surface area contributed by atoms with Gasteiger partial charge in [0, 0.05) is 48.7 Å². The Balaban J connectivity index is 1.45. The minimum absolute atomic E-state index is 0.709. The Bertz CT molecular complexity index is 1580. The molecule has 1 aliphatic heterocycles. The highest BCUT2D eigenvalue weighted by Gasteiger charge is 2.14. The zero-order valence-electron chi connectivity index (χ0n) is 18.5. The number of hydrogen-bond acceptors (Lipinski definition) is 4. The highest BCUT2D eigenvalue weighted by molar-refractivity contribution is 6.09. The molecule has 6 heteroatoms. The van der Waals surface area contributed by atoms with Crippen molar-refractivity contribution in [2.45, 2.75) is 0 Å². The maximum Gasteiger partial charge on any atom is 0.287 e. The van der Waals surface area contributed by atoms with Crippen LogP contribution < -0.4 is 9.30 Å². The van der Waals surface area contributed by atoms with Gasteiger partial charge in [0.15, 0.2) is 0 Å². The van der Waals surface area contributed by atoms with Crippen molar-refractivity contribution in [1.29, 1.82) is 0 Å². The van der Waals surface area contributed by atoms with Crippen molar-refractivity contribution in [3.05, 3.63) is 122 Å². The Morgan fingerprint density at radius 2 is 1.79 bits per heavy atom. The van der Waals surface area contributed by atoms with E-state index in [4.69, 9.17) is 4.74 Å². The number of ether oxygens (including phenoxy) is 1. The van der Waals surface area contributed by atoms with Crippen molar-refractivity contribution in [3.8, 4) is 11.6 Å². The van der Waals surface area contributed by atoms with E-state index in [0.29, 0.717) is 5.76 Å². The summed E-state index contributed by atoms with van der Waals surface area (Å²) in [6.07, 6.45) is 16.3. The second-order valence-electron chi connectivity index (χ2n) is 7.99. The van der Waals surface area contributed by atoms with Crippen LogP contribution in [0.1, 0.15) is 0 Å². The number of rotatable bonds is 4. The molecular formula is C28H21N5O. The lowest BCUT2D eigenvalue weighted by Gasteiger charge is -2.11. The summed E-state index contributed by atoms with van der Waals surface area (Å²) in [4.78, 5) is 10.7. The molecule has 0 bridgehead atoms. The van der Waals surface area contributed by atoms with E-state index in [0.717, 1.165) is 33.7 Å². The van der Waals surface area contributed by atoms with Gasteiger partial charge in [-0.2, -0.15) is 0 Å². The van der Waals surface area contributed by atoms with Crippen LogP contribution in [0.5, 0.6) is 5.75 Å². The molecule has 3 aromatic heterocycles. The molecule has 0 radical (unpaired) electrons. The molecule has 6 rings (SSSR count). The van der Waals surface area contributed by atoms with Gasteiger partial charge in [-0.1, -0.05) is 30.3 Å². The molecule has 0 aliphatic carbocycles. The Morgan fingerprint density at radius 3 is 2.65 bits per heavy atom. The first-order chi connectivity index (χ1) is 16.8. The first-order valence-corrected chi connectivity index (χ1v) is 11.0. The van der Waals surface area contributed by atoms with E-state index in [1.165, 1.54) is 5.39 Å². The van der Waals surface area contributed by atoms with Gasteiger partial charge >= 0.3 is 0 Å². The summed E-state index contributed by atoms with van der Waals surface area (Å²) in [6.45, 7) is 0. The SMILES string of the molecule is CN1C=CC(Oc2ccc3c4ccccc4n(-c4ccccn4)c3c2)=CC([n+]2[c-]nccc2)=C1.